The van der Waals surface area contributed by atoms with Crippen LogP contribution in [0.1, 0.15) is 12.0 Å². The molecule has 1 amide bonds. The number of para-hydroxylation sites is 1. The van der Waals surface area contributed by atoms with Crippen molar-refractivity contribution in [3.05, 3.63) is 70.6 Å². The molecule has 0 unspecified atom stereocenters. The third-order valence-corrected chi connectivity index (χ3v) is 5.07. The molecule has 9 heteroatoms. The second kappa shape index (κ2) is 7.94. The van der Waals surface area contributed by atoms with Crippen LogP contribution in [0.15, 0.2) is 59.5 Å². The van der Waals surface area contributed by atoms with Crippen LogP contribution >= 0.6 is 0 Å². The summed E-state index contributed by atoms with van der Waals surface area (Å²) in [5.74, 6) is 1.13. The Morgan fingerprint density at radius 1 is 1.10 bits per heavy atom. The molecule has 3 N–H and O–H groups in total. The van der Waals surface area contributed by atoms with Crippen molar-refractivity contribution >= 4 is 28.6 Å². The number of ether oxygens (including phenoxy) is 1. The number of amides is 1. The van der Waals surface area contributed by atoms with E-state index < -0.39 is 0 Å². The Balaban J connectivity index is 1.26. The Morgan fingerprint density at radius 2 is 1.97 bits per heavy atom. The monoisotopic (exact) mass is 416 g/mol. The highest BCUT2D eigenvalue weighted by Gasteiger charge is 2.15. The summed E-state index contributed by atoms with van der Waals surface area (Å²) in [6.07, 6.45) is 2.70. The molecule has 0 fully saturated rings. The van der Waals surface area contributed by atoms with Gasteiger partial charge in [-0.3, -0.25) is 14.6 Å². The lowest BCUT2D eigenvalue weighted by Crippen LogP contribution is -2.19. The fourth-order valence-corrected chi connectivity index (χ4v) is 3.55. The fraction of sp³-hybridized carbons (Fsp3) is 0.182. The lowest BCUT2D eigenvalue weighted by atomic mass is 10.0. The summed E-state index contributed by atoms with van der Waals surface area (Å²) in [6, 6.07) is 15.2. The molecule has 0 radical (unpaired) electrons. The maximum absolute atomic E-state index is 12.4. The number of anilines is 2. The molecule has 0 bridgehead atoms. The van der Waals surface area contributed by atoms with E-state index in [0.717, 1.165) is 22.7 Å². The predicted octanol–water partition coefficient (Wildman–Crippen LogP) is 2.48. The smallest absolute Gasteiger partial charge is 0.263 e. The van der Waals surface area contributed by atoms with Gasteiger partial charge in [-0.05, 0) is 42.3 Å². The molecule has 31 heavy (non-hydrogen) atoms. The summed E-state index contributed by atoms with van der Waals surface area (Å²) in [4.78, 5) is 31.1. The Labute approximate surface area is 177 Å². The van der Waals surface area contributed by atoms with Gasteiger partial charge < -0.3 is 15.4 Å². The minimum Gasteiger partial charge on any atom is -0.492 e. The molecule has 9 nitrogen and oxygen atoms in total. The molecule has 4 aromatic rings. The highest BCUT2D eigenvalue weighted by molar-refractivity contribution is 5.94. The van der Waals surface area contributed by atoms with Crippen LogP contribution in [-0.4, -0.2) is 38.8 Å². The predicted molar refractivity (Wildman–Crippen MR) is 117 cm³/mol. The van der Waals surface area contributed by atoms with Crippen molar-refractivity contribution in [3.63, 3.8) is 0 Å². The average Bonchev–Trinajstić information content (AvgIpc) is 3.22. The van der Waals surface area contributed by atoms with Gasteiger partial charge in [0.2, 0.25) is 11.9 Å². The molecule has 0 aliphatic carbocycles. The lowest BCUT2D eigenvalue weighted by molar-refractivity contribution is -0.116. The quantitative estimate of drug-likeness (QED) is 0.416. The Morgan fingerprint density at radius 3 is 2.84 bits per heavy atom. The van der Waals surface area contributed by atoms with E-state index in [2.05, 4.69) is 25.7 Å². The Hall–Kier alpha value is -4.14. The number of carbonyl (C=O) groups excluding carboxylic acids is 1. The van der Waals surface area contributed by atoms with Gasteiger partial charge in [-0.25, -0.2) is 4.68 Å². The molecule has 0 atom stereocenters. The number of aromatic amines is 1. The van der Waals surface area contributed by atoms with Crippen LogP contribution in [0.25, 0.3) is 16.7 Å². The van der Waals surface area contributed by atoms with E-state index in [1.54, 1.807) is 4.68 Å². The van der Waals surface area contributed by atoms with Crippen LogP contribution < -0.4 is 20.9 Å². The summed E-state index contributed by atoms with van der Waals surface area (Å²) < 4.78 is 7.44. The highest BCUT2D eigenvalue weighted by atomic mass is 16.5. The van der Waals surface area contributed by atoms with E-state index in [0.29, 0.717) is 43.0 Å². The molecule has 2 aromatic carbocycles. The van der Waals surface area contributed by atoms with E-state index in [1.807, 2.05) is 48.5 Å². The van der Waals surface area contributed by atoms with Crippen molar-refractivity contribution in [1.82, 2.24) is 19.7 Å². The van der Waals surface area contributed by atoms with E-state index in [9.17, 15) is 9.59 Å². The third kappa shape index (κ3) is 3.85. The number of carbonyl (C=O) groups is 1. The zero-order valence-electron chi connectivity index (χ0n) is 16.6. The minimum absolute atomic E-state index is 0.0393. The molecule has 3 heterocycles. The number of H-pyrrole nitrogens is 1. The topological polar surface area (TPSA) is 114 Å². The van der Waals surface area contributed by atoms with Gasteiger partial charge in [0.25, 0.3) is 5.56 Å². The number of rotatable bonds is 6. The third-order valence-electron chi connectivity index (χ3n) is 5.07. The lowest BCUT2D eigenvalue weighted by Gasteiger charge is -2.17. The van der Waals surface area contributed by atoms with Crippen LogP contribution in [0.4, 0.5) is 11.6 Å². The Bertz CT molecular complexity index is 1310. The summed E-state index contributed by atoms with van der Waals surface area (Å²) >= 11 is 0. The van der Waals surface area contributed by atoms with Crippen molar-refractivity contribution in [2.24, 2.45) is 0 Å². The Kier molecular flexibility index (Phi) is 4.83. The van der Waals surface area contributed by atoms with Gasteiger partial charge in [-0.15, -0.1) is 0 Å². The summed E-state index contributed by atoms with van der Waals surface area (Å²) in [5, 5.41) is 10.7. The first-order valence-electron chi connectivity index (χ1n) is 10.0. The second-order valence-electron chi connectivity index (χ2n) is 7.19. The number of aryl methyl sites for hydroxylation is 1. The van der Waals surface area contributed by atoms with Gasteiger partial charge >= 0.3 is 0 Å². The number of hydrogen-bond acceptors (Lipinski definition) is 6. The van der Waals surface area contributed by atoms with Gasteiger partial charge in [0, 0.05) is 12.1 Å². The first-order chi connectivity index (χ1) is 15.2. The summed E-state index contributed by atoms with van der Waals surface area (Å²) in [6.45, 7) is 0.826. The van der Waals surface area contributed by atoms with Crippen molar-refractivity contribution in [2.75, 3.05) is 23.8 Å². The van der Waals surface area contributed by atoms with Gasteiger partial charge in [0.15, 0.2) is 5.65 Å². The summed E-state index contributed by atoms with van der Waals surface area (Å²) in [5.41, 5.74) is 2.96. The van der Waals surface area contributed by atoms with Crippen molar-refractivity contribution in [1.29, 1.82) is 0 Å². The van der Waals surface area contributed by atoms with Crippen LogP contribution in [0.3, 0.4) is 0 Å². The number of aromatic nitrogens is 4. The van der Waals surface area contributed by atoms with Gasteiger partial charge in [0.05, 0.1) is 18.4 Å². The largest absolute Gasteiger partial charge is 0.492 e. The maximum Gasteiger partial charge on any atom is 0.263 e. The fourth-order valence-electron chi connectivity index (χ4n) is 3.55. The molecule has 5 rings (SSSR count). The summed E-state index contributed by atoms with van der Waals surface area (Å²) in [7, 11) is 0. The zero-order chi connectivity index (χ0) is 21.2. The number of nitrogens with one attached hydrogen (secondary N) is 3. The van der Waals surface area contributed by atoms with Crippen LogP contribution in [0.2, 0.25) is 0 Å². The molecule has 2 aromatic heterocycles. The highest BCUT2D eigenvalue weighted by Crippen LogP contribution is 2.26. The van der Waals surface area contributed by atoms with Crippen molar-refractivity contribution in [2.45, 2.75) is 12.8 Å². The van der Waals surface area contributed by atoms with Crippen LogP contribution in [0.5, 0.6) is 5.75 Å². The number of fused-ring (bicyclic) bond motifs is 2. The van der Waals surface area contributed by atoms with Crippen LogP contribution in [0, 0.1) is 0 Å². The average molecular weight is 416 g/mol. The molecule has 1 aliphatic heterocycles. The molecule has 156 valence electrons. The van der Waals surface area contributed by atoms with Gasteiger partial charge in [0.1, 0.15) is 17.7 Å². The van der Waals surface area contributed by atoms with Crippen LogP contribution in [-0.2, 0) is 11.2 Å². The standard InChI is InChI=1S/C22H20N6O3/c29-19-9-6-14-12-16(7-8-18(14)25-19)31-11-10-23-22-26-20-17(21(30)27-22)13-24-28(20)15-4-2-1-3-5-15/h1-5,7-8,12-13H,6,9-11H2,(H,25,29)(H2,23,26,27,30). The van der Waals surface area contributed by atoms with E-state index >= 15 is 0 Å². The molecule has 1 aliphatic rings. The van der Waals surface area contributed by atoms with Gasteiger partial charge in [-0.2, -0.15) is 10.1 Å². The SMILES string of the molecule is O=C1CCc2cc(OCCNc3nc4c(cnn4-c4ccccc4)c(=O)[nH]3)ccc2N1. The van der Waals surface area contributed by atoms with E-state index in [1.165, 1.54) is 6.20 Å². The first-order valence-corrected chi connectivity index (χ1v) is 10.0. The molecular formula is C22H20N6O3. The molecule has 0 saturated heterocycles. The minimum atomic E-state index is -0.257. The van der Waals surface area contributed by atoms with Crippen molar-refractivity contribution in [3.8, 4) is 11.4 Å². The number of nitrogens with zero attached hydrogens (tertiary/aromatic N) is 3. The van der Waals surface area contributed by atoms with Crippen molar-refractivity contribution < 1.29 is 9.53 Å². The normalized spacial score (nSPS) is 13.0. The van der Waals surface area contributed by atoms with E-state index in [4.69, 9.17) is 4.74 Å². The van der Waals surface area contributed by atoms with Gasteiger partial charge in [-0.1, -0.05) is 18.2 Å². The zero-order valence-corrected chi connectivity index (χ0v) is 16.6. The maximum atomic E-state index is 12.4. The number of hydrogen-bond donors (Lipinski definition) is 3. The van der Waals surface area contributed by atoms with E-state index in [-0.39, 0.29) is 11.5 Å². The first kappa shape index (κ1) is 18.9. The second-order valence-corrected chi connectivity index (χ2v) is 7.19. The number of benzene rings is 2. The molecule has 0 spiro atoms. The molecule has 0 saturated carbocycles. The molecular weight excluding hydrogens is 396 g/mol.